The van der Waals surface area contributed by atoms with Crippen molar-refractivity contribution in [1.29, 1.82) is 0 Å². The summed E-state index contributed by atoms with van der Waals surface area (Å²) in [7, 11) is 0. The van der Waals surface area contributed by atoms with Crippen molar-refractivity contribution in [2.45, 2.75) is 22.9 Å². The fourth-order valence-electron chi connectivity index (χ4n) is 1.57. The highest BCUT2D eigenvalue weighted by molar-refractivity contribution is 9.10. The number of benzene rings is 1. The standard InChI is InChI=1S/C13H11BrN2O3S/c1-8(17)9-4-5-12(11(7-9)16(18)19)20-13-10(14)3-2-6-15-13/h2-8,17H,1H3/t8-/m1/s1. The number of hydrogen-bond acceptors (Lipinski definition) is 5. The number of aromatic nitrogens is 1. The summed E-state index contributed by atoms with van der Waals surface area (Å²) < 4.78 is 0.777. The van der Waals surface area contributed by atoms with Crippen LogP contribution in [0.1, 0.15) is 18.6 Å². The van der Waals surface area contributed by atoms with E-state index < -0.39 is 11.0 Å². The molecule has 1 aromatic heterocycles. The molecule has 0 aliphatic rings. The fraction of sp³-hybridized carbons (Fsp3) is 0.154. The summed E-state index contributed by atoms with van der Waals surface area (Å²) in [5.41, 5.74) is 0.479. The number of nitro groups is 1. The van der Waals surface area contributed by atoms with Crippen molar-refractivity contribution in [3.63, 3.8) is 0 Å². The molecule has 0 amide bonds. The van der Waals surface area contributed by atoms with E-state index in [1.165, 1.54) is 17.8 Å². The minimum absolute atomic E-state index is 0.0362. The van der Waals surface area contributed by atoms with Crippen LogP contribution < -0.4 is 0 Å². The predicted molar refractivity (Wildman–Crippen MR) is 79.8 cm³/mol. The van der Waals surface area contributed by atoms with Crippen LogP contribution in [0.5, 0.6) is 0 Å². The van der Waals surface area contributed by atoms with E-state index in [1.54, 1.807) is 31.3 Å². The molecule has 5 nitrogen and oxygen atoms in total. The van der Waals surface area contributed by atoms with E-state index in [-0.39, 0.29) is 5.69 Å². The Labute approximate surface area is 128 Å². The second-order valence-electron chi connectivity index (χ2n) is 4.05. The number of halogens is 1. The molecule has 1 N–H and O–H groups in total. The third-order valence-electron chi connectivity index (χ3n) is 2.59. The quantitative estimate of drug-likeness (QED) is 0.664. The van der Waals surface area contributed by atoms with Crippen molar-refractivity contribution in [2.24, 2.45) is 0 Å². The average molecular weight is 355 g/mol. The first kappa shape index (κ1) is 15.0. The highest BCUT2D eigenvalue weighted by Crippen LogP contribution is 2.38. The van der Waals surface area contributed by atoms with Crippen LogP contribution in [0.2, 0.25) is 0 Å². The van der Waals surface area contributed by atoms with Crippen LogP contribution in [0.3, 0.4) is 0 Å². The first-order valence-electron chi connectivity index (χ1n) is 5.74. The van der Waals surface area contributed by atoms with Gasteiger partial charge in [0.2, 0.25) is 0 Å². The van der Waals surface area contributed by atoms with Gasteiger partial charge in [0.25, 0.3) is 5.69 Å². The van der Waals surface area contributed by atoms with Crippen molar-refractivity contribution in [1.82, 2.24) is 4.98 Å². The maximum absolute atomic E-state index is 11.2. The van der Waals surface area contributed by atoms with Gasteiger partial charge >= 0.3 is 0 Å². The molecule has 1 aromatic carbocycles. The second-order valence-corrected chi connectivity index (χ2v) is 5.94. The molecular formula is C13H11BrN2O3S. The first-order chi connectivity index (χ1) is 9.49. The number of hydrogen-bond donors (Lipinski definition) is 1. The van der Waals surface area contributed by atoms with Gasteiger partial charge in [-0.1, -0.05) is 17.8 Å². The van der Waals surface area contributed by atoms with Gasteiger partial charge in [0.05, 0.1) is 20.4 Å². The van der Waals surface area contributed by atoms with Crippen molar-refractivity contribution < 1.29 is 10.0 Å². The van der Waals surface area contributed by atoms with Gasteiger partial charge in [-0.2, -0.15) is 0 Å². The van der Waals surface area contributed by atoms with E-state index in [0.29, 0.717) is 15.5 Å². The van der Waals surface area contributed by atoms with Crippen molar-refractivity contribution in [3.8, 4) is 0 Å². The lowest BCUT2D eigenvalue weighted by molar-refractivity contribution is -0.387. The molecule has 2 rings (SSSR count). The zero-order chi connectivity index (χ0) is 14.7. The summed E-state index contributed by atoms with van der Waals surface area (Å²) in [5.74, 6) is 0. The van der Waals surface area contributed by atoms with Gasteiger partial charge in [-0.15, -0.1) is 0 Å². The molecule has 0 bridgehead atoms. The Morgan fingerprint density at radius 2 is 2.20 bits per heavy atom. The van der Waals surface area contributed by atoms with Crippen molar-refractivity contribution >= 4 is 33.4 Å². The number of rotatable bonds is 4. The highest BCUT2D eigenvalue weighted by atomic mass is 79.9. The fourth-order valence-corrected chi connectivity index (χ4v) is 2.93. The Balaban J connectivity index is 2.41. The molecular weight excluding hydrogens is 344 g/mol. The molecule has 0 spiro atoms. The molecule has 0 saturated heterocycles. The second kappa shape index (κ2) is 6.34. The van der Waals surface area contributed by atoms with Crippen LogP contribution in [0.15, 0.2) is 50.9 Å². The highest BCUT2D eigenvalue weighted by Gasteiger charge is 2.18. The lowest BCUT2D eigenvalue weighted by atomic mass is 10.1. The van der Waals surface area contributed by atoms with E-state index in [9.17, 15) is 15.2 Å². The summed E-state index contributed by atoms with van der Waals surface area (Å²) in [5, 5.41) is 21.3. The van der Waals surface area contributed by atoms with Crippen molar-refractivity contribution in [3.05, 3.63) is 56.7 Å². The minimum atomic E-state index is -0.741. The number of aliphatic hydroxyl groups is 1. The number of nitro benzene ring substituents is 1. The average Bonchev–Trinajstić information content (AvgIpc) is 2.41. The normalized spacial score (nSPS) is 12.2. The number of pyridine rings is 1. The van der Waals surface area contributed by atoms with Crippen LogP contribution in [-0.4, -0.2) is 15.0 Å². The van der Waals surface area contributed by atoms with E-state index in [2.05, 4.69) is 20.9 Å². The Morgan fingerprint density at radius 1 is 1.45 bits per heavy atom. The van der Waals surface area contributed by atoms with Crippen LogP contribution in [0, 0.1) is 10.1 Å². The van der Waals surface area contributed by atoms with Crippen LogP contribution in [0.4, 0.5) is 5.69 Å². The molecule has 0 radical (unpaired) electrons. The van der Waals surface area contributed by atoms with E-state index in [1.807, 2.05) is 6.07 Å². The molecule has 0 fully saturated rings. The van der Waals surface area contributed by atoms with Crippen LogP contribution >= 0.6 is 27.7 Å². The van der Waals surface area contributed by atoms with E-state index in [4.69, 9.17) is 0 Å². The van der Waals surface area contributed by atoms with Gasteiger partial charge in [0, 0.05) is 12.3 Å². The first-order valence-corrected chi connectivity index (χ1v) is 7.34. The van der Waals surface area contributed by atoms with Gasteiger partial charge in [-0.25, -0.2) is 4.98 Å². The lowest BCUT2D eigenvalue weighted by Crippen LogP contribution is -1.96. The zero-order valence-electron chi connectivity index (χ0n) is 10.5. The molecule has 0 aliphatic carbocycles. The molecule has 1 atom stereocenters. The summed E-state index contributed by atoms with van der Waals surface area (Å²) in [6.07, 6.45) is 0.887. The van der Waals surface area contributed by atoms with E-state index >= 15 is 0 Å². The molecule has 0 aliphatic heterocycles. The largest absolute Gasteiger partial charge is 0.389 e. The SMILES string of the molecule is C[C@@H](O)c1ccc(Sc2ncccc2Br)c([N+](=O)[O-])c1. The Bertz CT molecular complexity index is 649. The third kappa shape index (κ3) is 3.36. The van der Waals surface area contributed by atoms with Gasteiger partial charge in [0.1, 0.15) is 5.03 Å². The molecule has 20 heavy (non-hydrogen) atoms. The van der Waals surface area contributed by atoms with Crippen LogP contribution in [-0.2, 0) is 0 Å². The Hall–Kier alpha value is -1.44. The monoisotopic (exact) mass is 354 g/mol. The maximum atomic E-state index is 11.2. The van der Waals surface area contributed by atoms with Crippen LogP contribution in [0.25, 0.3) is 0 Å². The lowest BCUT2D eigenvalue weighted by Gasteiger charge is -2.08. The maximum Gasteiger partial charge on any atom is 0.283 e. The van der Waals surface area contributed by atoms with Gasteiger partial charge in [-0.3, -0.25) is 10.1 Å². The molecule has 0 unspecified atom stereocenters. The molecule has 1 heterocycles. The van der Waals surface area contributed by atoms with E-state index in [0.717, 1.165) is 4.47 Å². The van der Waals surface area contributed by atoms with Crippen molar-refractivity contribution in [2.75, 3.05) is 0 Å². The molecule has 104 valence electrons. The molecule has 0 saturated carbocycles. The zero-order valence-corrected chi connectivity index (χ0v) is 12.9. The number of aliphatic hydroxyl groups excluding tert-OH is 1. The number of nitrogens with zero attached hydrogens (tertiary/aromatic N) is 2. The predicted octanol–water partition coefficient (Wildman–Crippen LogP) is 3.96. The molecule has 2 aromatic rings. The minimum Gasteiger partial charge on any atom is -0.389 e. The van der Waals surface area contributed by atoms with Gasteiger partial charge in [-0.05, 0) is 46.6 Å². The summed E-state index contributed by atoms with van der Waals surface area (Å²) in [4.78, 5) is 15.4. The van der Waals surface area contributed by atoms with Gasteiger partial charge < -0.3 is 5.11 Å². The topological polar surface area (TPSA) is 76.3 Å². The molecule has 7 heteroatoms. The summed E-state index contributed by atoms with van der Waals surface area (Å²) >= 11 is 4.57. The Kier molecular flexibility index (Phi) is 4.74. The Morgan fingerprint density at radius 3 is 2.80 bits per heavy atom. The summed E-state index contributed by atoms with van der Waals surface area (Å²) in [6.45, 7) is 1.57. The smallest absolute Gasteiger partial charge is 0.283 e. The van der Waals surface area contributed by atoms with Gasteiger partial charge in [0.15, 0.2) is 0 Å². The summed E-state index contributed by atoms with van der Waals surface area (Å²) in [6, 6.07) is 8.30. The third-order valence-corrected chi connectivity index (χ3v) is 4.58.